The molecule has 0 unspecified atom stereocenters. The van der Waals surface area contributed by atoms with E-state index in [1.165, 1.54) is 22.3 Å². The average Bonchev–Trinajstić information content (AvgIpc) is 2.77. The van der Waals surface area contributed by atoms with Gasteiger partial charge in [-0.05, 0) is 59.4 Å². The number of hydrogen-bond acceptors (Lipinski definition) is 4. The molecule has 2 heterocycles. The van der Waals surface area contributed by atoms with Crippen molar-refractivity contribution in [2.45, 2.75) is 18.9 Å². The summed E-state index contributed by atoms with van der Waals surface area (Å²) in [4.78, 5) is 6.70. The molecule has 1 aromatic heterocycles. The predicted molar refractivity (Wildman–Crippen MR) is 111 cm³/mol. The van der Waals surface area contributed by atoms with E-state index in [1.807, 2.05) is 12.4 Å². The fourth-order valence-corrected chi connectivity index (χ4v) is 4.09. The van der Waals surface area contributed by atoms with Gasteiger partial charge in [0.25, 0.3) is 0 Å². The number of rotatable bonds is 6. The van der Waals surface area contributed by atoms with Crippen LogP contribution in [0.5, 0.6) is 11.5 Å². The number of hydrogen-bond donors (Lipinski definition) is 0. The molecule has 0 spiro atoms. The lowest BCUT2D eigenvalue weighted by molar-refractivity contribution is 0.215. The van der Waals surface area contributed by atoms with Crippen molar-refractivity contribution in [1.82, 2.24) is 9.88 Å². The number of aromatic nitrogens is 1. The summed E-state index contributed by atoms with van der Waals surface area (Å²) in [5, 5.41) is 0. The van der Waals surface area contributed by atoms with Gasteiger partial charge in [0.1, 0.15) is 0 Å². The highest BCUT2D eigenvalue weighted by molar-refractivity contribution is 5.51. The highest BCUT2D eigenvalue weighted by Gasteiger charge is 2.30. The van der Waals surface area contributed by atoms with Crippen molar-refractivity contribution >= 4 is 0 Å². The molecule has 0 N–H and O–H groups in total. The molecule has 4 nitrogen and oxygen atoms in total. The van der Waals surface area contributed by atoms with E-state index < -0.39 is 0 Å². The van der Waals surface area contributed by atoms with Crippen molar-refractivity contribution in [2.75, 3.05) is 27.3 Å². The van der Waals surface area contributed by atoms with E-state index in [9.17, 15) is 0 Å². The zero-order chi connectivity index (χ0) is 19.3. The van der Waals surface area contributed by atoms with Gasteiger partial charge in [-0.2, -0.15) is 0 Å². The minimum atomic E-state index is 0.214. The van der Waals surface area contributed by atoms with Crippen LogP contribution in [0, 0.1) is 0 Å². The van der Waals surface area contributed by atoms with E-state index in [-0.39, 0.29) is 6.04 Å². The molecule has 2 aromatic carbocycles. The summed E-state index contributed by atoms with van der Waals surface area (Å²) in [6.45, 7) is 2.02. The summed E-state index contributed by atoms with van der Waals surface area (Å²) in [6, 6.07) is 19.5. The van der Waals surface area contributed by atoms with E-state index in [0.29, 0.717) is 0 Å². The van der Waals surface area contributed by atoms with Crippen LogP contribution in [0.3, 0.4) is 0 Å². The van der Waals surface area contributed by atoms with Crippen LogP contribution >= 0.6 is 0 Å². The van der Waals surface area contributed by atoms with Crippen molar-refractivity contribution in [3.8, 4) is 11.5 Å². The third-order valence-corrected chi connectivity index (χ3v) is 5.53. The molecule has 3 aromatic rings. The first-order valence-electron chi connectivity index (χ1n) is 9.73. The zero-order valence-corrected chi connectivity index (χ0v) is 16.5. The Morgan fingerprint density at radius 3 is 2.39 bits per heavy atom. The molecule has 0 saturated carbocycles. The third kappa shape index (κ3) is 3.73. The van der Waals surface area contributed by atoms with Gasteiger partial charge < -0.3 is 9.47 Å². The number of methoxy groups -OCH3 is 2. The molecular formula is C24H26N2O2. The van der Waals surface area contributed by atoms with Crippen molar-refractivity contribution < 1.29 is 9.47 Å². The second kappa shape index (κ2) is 8.44. The van der Waals surface area contributed by atoms with Gasteiger partial charge in [-0.25, -0.2) is 0 Å². The quantitative estimate of drug-likeness (QED) is 0.645. The van der Waals surface area contributed by atoms with E-state index in [1.54, 1.807) is 14.2 Å². The highest BCUT2D eigenvalue weighted by atomic mass is 16.5. The maximum absolute atomic E-state index is 5.60. The summed E-state index contributed by atoms with van der Waals surface area (Å²) in [7, 11) is 3.40. The van der Waals surface area contributed by atoms with Crippen molar-refractivity contribution in [3.05, 3.63) is 89.2 Å². The monoisotopic (exact) mass is 374 g/mol. The average molecular weight is 374 g/mol. The normalized spacial score (nSPS) is 16.4. The standard InChI is InChI=1S/C24H26N2O2/c1-27-22-16-20-11-15-26(14-10-18-8-12-25-13-9-18)24(19-6-4-3-5-7-19)21(20)17-23(22)28-2/h3-9,12-13,16-17,24H,10-11,14-15H2,1-2H3/t24-/m1/s1. The fourth-order valence-electron chi connectivity index (χ4n) is 4.09. The summed E-state index contributed by atoms with van der Waals surface area (Å²) in [6.07, 6.45) is 5.75. The first kappa shape index (κ1) is 18.5. The lowest BCUT2D eigenvalue weighted by Gasteiger charge is -2.38. The number of benzene rings is 2. The Bertz CT molecular complexity index is 913. The maximum atomic E-state index is 5.60. The number of fused-ring (bicyclic) bond motifs is 1. The molecule has 0 radical (unpaired) electrons. The van der Waals surface area contributed by atoms with Gasteiger partial charge in [0.2, 0.25) is 0 Å². The topological polar surface area (TPSA) is 34.6 Å². The summed E-state index contributed by atoms with van der Waals surface area (Å²) in [5.41, 5.74) is 5.28. The first-order chi connectivity index (χ1) is 13.8. The molecule has 0 aliphatic carbocycles. The van der Waals surface area contributed by atoms with Crippen LogP contribution in [0.25, 0.3) is 0 Å². The van der Waals surface area contributed by atoms with E-state index >= 15 is 0 Å². The Morgan fingerprint density at radius 1 is 0.964 bits per heavy atom. The second-order valence-corrected chi connectivity index (χ2v) is 7.11. The van der Waals surface area contributed by atoms with Crippen LogP contribution in [0.1, 0.15) is 28.3 Å². The molecule has 144 valence electrons. The summed E-state index contributed by atoms with van der Waals surface area (Å²) >= 11 is 0. The SMILES string of the molecule is COc1cc2c(cc1OC)[C@@H](c1ccccc1)N(CCc1ccncc1)CC2. The molecule has 0 bridgehead atoms. The maximum Gasteiger partial charge on any atom is 0.161 e. The number of ether oxygens (including phenoxy) is 2. The lowest BCUT2D eigenvalue weighted by Crippen LogP contribution is -2.37. The molecule has 1 aliphatic heterocycles. The Balaban J connectivity index is 1.70. The largest absolute Gasteiger partial charge is 0.493 e. The van der Waals surface area contributed by atoms with Crippen LogP contribution in [0.2, 0.25) is 0 Å². The summed E-state index contributed by atoms with van der Waals surface area (Å²) in [5.74, 6) is 1.59. The van der Waals surface area contributed by atoms with Crippen LogP contribution in [0.15, 0.2) is 67.0 Å². The molecule has 0 saturated heterocycles. The van der Waals surface area contributed by atoms with Gasteiger partial charge in [0.15, 0.2) is 11.5 Å². The number of nitrogens with zero attached hydrogens (tertiary/aromatic N) is 2. The van der Waals surface area contributed by atoms with Crippen LogP contribution in [-0.2, 0) is 12.8 Å². The Morgan fingerprint density at radius 2 is 1.68 bits per heavy atom. The van der Waals surface area contributed by atoms with Crippen molar-refractivity contribution in [1.29, 1.82) is 0 Å². The smallest absolute Gasteiger partial charge is 0.161 e. The van der Waals surface area contributed by atoms with Gasteiger partial charge in [-0.15, -0.1) is 0 Å². The Kier molecular flexibility index (Phi) is 5.58. The molecule has 4 heteroatoms. The van der Waals surface area contributed by atoms with Gasteiger partial charge in [-0.1, -0.05) is 30.3 Å². The molecule has 4 rings (SSSR count). The zero-order valence-electron chi connectivity index (χ0n) is 16.5. The van der Waals surface area contributed by atoms with Crippen LogP contribution < -0.4 is 9.47 Å². The van der Waals surface area contributed by atoms with Crippen molar-refractivity contribution in [3.63, 3.8) is 0 Å². The first-order valence-corrected chi connectivity index (χ1v) is 9.73. The lowest BCUT2D eigenvalue weighted by atomic mass is 9.87. The van der Waals surface area contributed by atoms with Gasteiger partial charge >= 0.3 is 0 Å². The Labute approximate surface area is 166 Å². The summed E-state index contributed by atoms with van der Waals surface area (Å²) < 4.78 is 11.1. The van der Waals surface area contributed by atoms with Gasteiger partial charge in [0, 0.05) is 25.5 Å². The molecular weight excluding hydrogens is 348 g/mol. The molecule has 1 atom stereocenters. The van der Waals surface area contributed by atoms with Gasteiger partial charge in [0.05, 0.1) is 20.3 Å². The molecule has 1 aliphatic rings. The van der Waals surface area contributed by atoms with E-state index in [2.05, 4.69) is 64.5 Å². The minimum Gasteiger partial charge on any atom is -0.493 e. The van der Waals surface area contributed by atoms with Gasteiger partial charge in [-0.3, -0.25) is 9.88 Å². The van der Waals surface area contributed by atoms with E-state index in [0.717, 1.165) is 37.4 Å². The molecule has 0 fully saturated rings. The second-order valence-electron chi connectivity index (χ2n) is 7.11. The predicted octanol–water partition coefficient (Wildman–Crippen LogP) is 4.29. The Hall–Kier alpha value is -2.85. The van der Waals surface area contributed by atoms with Crippen LogP contribution in [0.4, 0.5) is 0 Å². The molecule has 28 heavy (non-hydrogen) atoms. The number of pyridine rings is 1. The third-order valence-electron chi connectivity index (χ3n) is 5.53. The minimum absolute atomic E-state index is 0.214. The molecule has 0 amide bonds. The van der Waals surface area contributed by atoms with Crippen molar-refractivity contribution in [2.24, 2.45) is 0 Å². The van der Waals surface area contributed by atoms with E-state index in [4.69, 9.17) is 9.47 Å². The fraction of sp³-hybridized carbons (Fsp3) is 0.292. The highest BCUT2D eigenvalue weighted by Crippen LogP contribution is 2.40. The van der Waals surface area contributed by atoms with Crippen LogP contribution in [-0.4, -0.2) is 37.2 Å².